The topological polar surface area (TPSA) is 45.0 Å². The molecule has 1 aromatic rings. The Labute approximate surface area is 96.0 Å². The molecular formula is C13H16N2O. The largest absolute Gasteiger partial charge is 0.490 e. The Balaban J connectivity index is 2.06. The van der Waals surface area contributed by atoms with Crippen LogP contribution in [0, 0.1) is 18.3 Å². The van der Waals surface area contributed by atoms with Crippen molar-refractivity contribution in [2.24, 2.45) is 0 Å². The van der Waals surface area contributed by atoms with Crippen LogP contribution in [0.5, 0.6) is 5.75 Å². The lowest BCUT2D eigenvalue weighted by molar-refractivity contribution is 0.161. The molecule has 1 N–H and O–H groups in total. The summed E-state index contributed by atoms with van der Waals surface area (Å²) in [5.74, 6) is 0.908. The predicted octanol–water partition coefficient (Wildman–Crippen LogP) is 2.00. The Hall–Kier alpha value is -1.53. The van der Waals surface area contributed by atoms with E-state index in [0.29, 0.717) is 11.7 Å². The molecule has 2 rings (SSSR count). The molecule has 0 spiro atoms. The number of rotatable bonds is 2. The molecule has 1 heterocycles. The van der Waals surface area contributed by atoms with E-state index in [4.69, 9.17) is 10.00 Å². The van der Waals surface area contributed by atoms with Gasteiger partial charge in [-0.25, -0.2) is 0 Å². The van der Waals surface area contributed by atoms with Crippen molar-refractivity contribution in [1.82, 2.24) is 5.32 Å². The number of hydrogen-bond acceptors (Lipinski definition) is 3. The molecule has 84 valence electrons. The standard InChI is InChI=1S/C13H16N2O/c1-10-8-11(9-14)2-3-13(10)16-12-4-6-15-7-5-12/h2-3,8,12,15H,4-7H2,1H3. The van der Waals surface area contributed by atoms with Crippen LogP contribution < -0.4 is 10.1 Å². The number of hydrogen-bond donors (Lipinski definition) is 1. The highest BCUT2D eigenvalue weighted by atomic mass is 16.5. The summed E-state index contributed by atoms with van der Waals surface area (Å²) in [6, 6.07) is 7.71. The number of ether oxygens (including phenoxy) is 1. The third-order valence-corrected chi connectivity index (χ3v) is 2.88. The second kappa shape index (κ2) is 5.00. The molecule has 0 aromatic heterocycles. The second-order valence-corrected chi connectivity index (χ2v) is 4.16. The van der Waals surface area contributed by atoms with Gasteiger partial charge < -0.3 is 10.1 Å². The van der Waals surface area contributed by atoms with Crippen LogP contribution in [0.3, 0.4) is 0 Å². The van der Waals surface area contributed by atoms with Gasteiger partial charge in [0, 0.05) is 0 Å². The highest BCUT2D eigenvalue weighted by Crippen LogP contribution is 2.22. The van der Waals surface area contributed by atoms with E-state index in [9.17, 15) is 0 Å². The molecule has 1 saturated heterocycles. The first kappa shape index (κ1) is 11.0. The molecule has 0 atom stereocenters. The fraction of sp³-hybridized carbons (Fsp3) is 0.462. The Kier molecular flexibility index (Phi) is 3.43. The minimum absolute atomic E-state index is 0.313. The minimum atomic E-state index is 0.313. The van der Waals surface area contributed by atoms with Crippen molar-refractivity contribution < 1.29 is 4.74 Å². The fourth-order valence-corrected chi connectivity index (χ4v) is 1.94. The van der Waals surface area contributed by atoms with Gasteiger partial charge in [0.2, 0.25) is 0 Å². The van der Waals surface area contributed by atoms with Gasteiger partial charge in [0.1, 0.15) is 11.9 Å². The molecule has 0 radical (unpaired) electrons. The monoisotopic (exact) mass is 216 g/mol. The van der Waals surface area contributed by atoms with E-state index in [1.54, 1.807) is 0 Å². The first-order valence-corrected chi connectivity index (χ1v) is 5.68. The van der Waals surface area contributed by atoms with E-state index in [1.807, 2.05) is 25.1 Å². The summed E-state index contributed by atoms with van der Waals surface area (Å²) < 4.78 is 5.94. The van der Waals surface area contributed by atoms with Crippen molar-refractivity contribution in [3.8, 4) is 11.8 Å². The number of aryl methyl sites for hydroxylation is 1. The smallest absolute Gasteiger partial charge is 0.122 e. The van der Waals surface area contributed by atoms with Gasteiger partial charge >= 0.3 is 0 Å². The zero-order valence-corrected chi connectivity index (χ0v) is 9.49. The minimum Gasteiger partial charge on any atom is -0.490 e. The fourth-order valence-electron chi connectivity index (χ4n) is 1.94. The van der Waals surface area contributed by atoms with Crippen LogP contribution in [0.4, 0.5) is 0 Å². The summed E-state index contributed by atoms with van der Waals surface area (Å²) in [4.78, 5) is 0. The summed E-state index contributed by atoms with van der Waals surface area (Å²) in [7, 11) is 0. The lowest BCUT2D eigenvalue weighted by Gasteiger charge is -2.24. The average molecular weight is 216 g/mol. The van der Waals surface area contributed by atoms with Crippen molar-refractivity contribution in [2.75, 3.05) is 13.1 Å². The van der Waals surface area contributed by atoms with Crippen LogP contribution in [-0.4, -0.2) is 19.2 Å². The highest BCUT2D eigenvalue weighted by molar-refractivity contribution is 5.41. The number of nitrogens with one attached hydrogen (secondary N) is 1. The lowest BCUT2D eigenvalue weighted by Crippen LogP contribution is -2.34. The van der Waals surface area contributed by atoms with Crippen LogP contribution in [-0.2, 0) is 0 Å². The maximum absolute atomic E-state index is 8.78. The molecule has 1 aliphatic rings. The number of benzene rings is 1. The summed E-state index contributed by atoms with van der Waals surface area (Å²) in [5, 5.41) is 12.1. The number of nitriles is 1. The number of nitrogens with zero attached hydrogens (tertiary/aromatic N) is 1. The quantitative estimate of drug-likeness (QED) is 0.822. The van der Waals surface area contributed by atoms with Crippen LogP contribution in [0.2, 0.25) is 0 Å². The summed E-state index contributed by atoms with van der Waals surface area (Å²) in [5.41, 5.74) is 1.73. The van der Waals surface area contributed by atoms with Crippen LogP contribution in [0.15, 0.2) is 18.2 Å². The van der Waals surface area contributed by atoms with Crippen molar-refractivity contribution in [1.29, 1.82) is 5.26 Å². The Morgan fingerprint density at radius 1 is 1.38 bits per heavy atom. The molecular weight excluding hydrogens is 200 g/mol. The summed E-state index contributed by atoms with van der Waals surface area (Å²) >= 11 is 0. The van der Waals surface area contributed by atoms with Gasteiger partial charge in [-0.15, -0.1) is 0 Å². The van der Waals surface area contributed by atoms with Gasteiger partial charge in [-0.05, 0) is 56.6 Å². The van der Waals surface area contributed by atoms with E-state index >= 15 is 0 Å². The van der Waals surface area contributed by atoms with Crippen molar-refractivity contribution in [2.45, 2.75) is 25.9 Å². The lowest BCUT2D eigenvalue weighted by atomic mass is 10.1. The van der Waals surface area contributed by atoms with E-state index in [0.717, 1.165) is 37.2 Å². The number of piperidine rings is 1. The normalized spacial score (nSPS) is 16.8. The summed E-state index contributed by atoms with van der Waals surface area (Å²) in [6.07, 6.45) is 2.42. The third-order valence-electron chi connectivity index (χ3n) is 2.88. The second-order valence-electron chi connectivity index (χ2n) is 4.16. The van der Waals surface area contributed by atoms with Gasteiger partial charge in [0.25, 0.3) is 0 Å². The van der Waals surface area contributed by atoms with Crippen molar-refractivity contribution >= 4 is 0 Å². The zero-order chi connectivity index (χ0) is 11.4. The maximum Gasteiger partial charge on any atom is 0.122 e. The van der Waals surface area contributed by atoms with Crippen LogP contribution >= 0.6 is 0 Å². The van der Waals surface area contributed by atoms with E-state index in [2.05, 4.69) is 11.4 Å². The van der Waals surface area contributed by atoms with Crippen molar-refractivity contribution in [3.63, 3.8) is 0 Å². The molecule has 0 amide bonds. The molecule has 0 bridgehead atoms. The Bertz CT molecular complexity index is 403. The van der Waals surface area contributed by atoms with E-state index < -0.39 is 0 Å². The van der Waals surface area contributed by atoms with Crippen LogP contribution in [0.25, 0.3) is 0 Å². The van der Waals surface area contributed by atoms with E-state index in [1.165, 1.54) is 0 Å². The molecule has 3 nitrogen and oxygen atoms in total. The predicted molar refractivity (Wildman–Crippen MR) is 62.4 cm³/mol. The Morgan fingerprint density at radius 3 is 2.75 bits per heavy atom. The molecule has 1 aromatic carbocycles. The molecule has 1 aliphatic heterocycles. The van der Waals surface area contributed by atoms with Crippen molar-refractivity contribution in [3.05, 3.63) is 29.3 Å². The highest BCUT2D eigenvalue weighted by Gasteiger charge is 2.15. The molecule has 0 saturated carbocycles. The third kappa shape index (κ3) is 2.53. The zero-order valence-electron chi connectivity index (χ0n) is 9.49. The molecule has 1 fully saturated rings. The molecule has 0 aliphatic carbocycles. The maximum atomic E-state index is 8.78. The Morgan fingerprint density at radius 2 is 2.12 bits per heavy atom. The summed E-state index contributed by atoms with van der Waals surface area (Å²) in [6.45, 7) is 4.04. The molecule has 0 unspecified atom stereocenters. The molecule has 16 heavy (non-hydrogen) atoms. The van der Waals surface area contributed by atoms with Gasteiger partial charge in [0.05, 0.1) is 11.6 Å². The average Bonchev–Trinajstić information content (AvgIpc) is 2.33. The van der Waals surface area contributed by atoms with Gasteiger partial charge in [-0.3, -0.25) is 0 Å². The van der Waals surface area contributed by atoms with Gasteiger partial charge in [-0.2, -0.15) is 5.26 Å². The van der Waals surface area contributed by atoms with Crippen LogP contribution in [0.1, 0.15) is 24.0 Å². The molecule has 3 heteroatoms. The van der Waals surface area contributed by atoms with Gasteiger partial charge in [-0.1, -0.05) is 0 Å². The van der Waals surface area contributed by atoms with Gasteiger partial charge in [0.15, 0.2) is 0 Å². The van der Waals surface area contributed by atoms with E-state index in [-0.39, 0.29) is 0 Å². The first-order chi connectivity index (χ1) is 7.79. The SMILES string of the molecule is Cc1cc(C#N)ccc1OC1CCNCC1. The first-order valence-electron chi connectivity index (χ1n) is 5.68.